The highest BCUT2D eigenvalue weighted by Crippen LogP contribution is 2.17. The van der Waals surface area contributed by atoms with Crippen LogP contribution in [0, 0.1) is 5.82 Å². The van der Waals surface area contributed by atoms with E-state index in [0.29, 0.717) is 24.3 Å². The van der Waals surface area contributed by atoms with Crippen LogP contribution in [0.15, 0.2) is 18.2 Å². The molecule has 17 heavy (non-hydrogen) atoms. The van der Waals surface area contributed by atoms with Crippen molar-refractivity contribution in [2.45, 2.75) is 26.4 Å². The number of nitrogens with zero attached hydrogens (tertiary/aromatic N) is 2. The zero-order valence-corrected chi connectivity index (χ0v) is 9.61. The number of benzene rings is 1. The molecule has 1 aromatic heterocycles. The van der Waals surface area contributed by atoms with Gasteiger partial charge in [-0.05, 0) is 19.1 Å². The quantitative estimate of drug-likeness (QED) is 0.875. The standard InChI is InChI=1S/C12H14FN3O/c1-8(17)4-5-16-11-3-2-9(13)6-10(11)15-12(16)7-14/h2-3,6H,4-5,7,14H2,1H3. The molecule has 0 saturated heterocycles. The van der Waals surface area contributed by atoms with Crippen molar-refractivity contribution in [3.63, 3.8) is 0 Å². The molecule has 1 heterocycles. The topological polar surface area (TPSA) is 60.9 Å². The summed E-state index contributed by atoms with van der Waals surface area (Å²) < 4.78 is 14.9. The van der Waals surface area contributed by atoms with Crippen molar-refractivity contribution >= 4 is 16.8 Å². The van der Waals surface area contributed by atoms with Gasteiger partial charge in [0.25, 0.3) is 0 Å². The summed E-state index contributed by atoms with van der Waals surface area (Å²) in [6.45, 7) is 2.35. The molecular formula is C12H14FN3O. The number of hydrogen-bond donors (Lipinski definition) is 1. The summed E-state index contributed by atoms with van der Waals surface area (Å²) >= 11 is 0. The summed E-state index contributed by atoms with van der Waals surface area (Å²) in [6.07, 6.45) is 0.426. The average molecular weight is 235 g/mol. The average Bonchev–Trinajstić information content (AvgIpc) is 2.63. The van der Waals surface area contributed by atoms with Crippen LogP contribution in [0.1, 0.15) is 19.2 Å². The maximum absolute atomic E-state index is 13.1. The lowest BCUT2D eigenvalue weighted by molar-refractivity contribution is -0.117. The molecule has 90 valence electrons. The van der Waals surface area contributed by atoms with Gasteiger partial charge in [0, 0.05) is 19.0 Å². The molecule has 0 saturated carbocycles. The molecule has 2 N–H and O–H groups in total. The van der Waals surface area contributed by atoms with E-state index in [1.165, 1.54) is 12.1 Å². The zero-order valence-electron chi connectivity index (χ0n) is 9.61. The lowest BCUT2D eigenvalue weighted by Gasteiger charge is -2.06. The number of carbonyl (C=O) groups excluding carboxylic acids is 1. The van der Waals surface area contributed by atoms with Crippen molar-refractivity contribution in [1.82, 2.24) is 9.55 Å². The minimum atomic E-state index is -0.322. The van der Waals surface area contributed by atoms with E-state index >= 15 is 0 Å². The second-order valence-electron chi connectivity index (χ2n) is 3.97. The Kier molecular flexibility index (Phi) is 3.19. The summed E-state index contributed by atoms with van der Waals surface area (Å²) in [5, 5.41) is 0. The molecule has 0 bridgehead atoms. The first-order chi connectivity index (χ1) is 8.11. The maximum atomic E-state index is 13.1. The summed E-state index contributed by atoms with van der Waals surface area (Å²) in [5.74, 6) is 0.459. The van der Waals surface area contributed by atoms with Crippen molar-refractivity contribution in [1.29, 1.82) is 0 Å². The predicted molar refractivity (Wildman–Crippen MR) is 62.9 cm³/mol. The van der Waals surface area contributed by atoms with Gasteiger partial charge in [-0.1, -0.05) is 0 Å². The Labute approximate surface area is 98.2 Å². The fraction of sp³-hybridized carbons (Fsp3) is 0.333. The molecule has 0 radical (unpaired) electrons. The van der Waals surface area contributed by atoms with Crippen LogP contribution in [0.2, 0.25) is 0 Å². The highest BCUT2D eigenvalue weighted by atomic mass is 19.1. The fourth-order valence-electron chi connectivity index (χ4n) is 1.83. The van der Waals surface area contributed by atoms with Crippen molar-refractivity contribution in [3.05, 3.63) is 29.8 Å². The highest BCUT2D eigenvalue weighted by Gasteiger charge is 2.10. The second kappa shape index (κ2) is 4.63. The molecule has 0 fully saturated rings. The number of ketones is 1. The van der Waals surface area contributed by atoms with Crippen LogP contribution < -0.4 is 5.73 Å². The number of Topliss-reactive ketones (excluding diaryl/α,β-unsaturated/α-hetero) is 1. The first kappa shape index (κ1) is 11.7. The van der Waals surface area contributed by atoms with E-state index in [4.69, 9.17) is 5.73 Å². The number of aryl methyl sites for hydroxylation is 1. The molecule has 0 aliphatic carbocycles. The second-order valence-corrected chi connectivity index (χ2v) is 3.97. The summed E-state index contributed by atoms with van der Waals surface area (Å²) in [5.41, 5.74) is 6.99. The van der Waals surface area contributed by atoms with Crippen molar-refractivity contribution in [3.8, 4) is 0 Å². The lowest BCUT2D eigenvalue weighted by Crippen LogP contribution is -2.10. The molecule has 0 amide bonds. The molecule has 0 aliphatic heterocycles. The van der Waals surface area contributed by atoms with Crippen molar-refractivity contribution in [2.24, 2.45) is 5.73 Å². The van der Waals surface area contributed by atoms with Gasteiger partial charge in [0.15, 0.2) is 0 Å². The van der Waals surface area contributed by atoms with E-state index in [-0.39, 0.29) is 18.1 Å². The van der Waals surface area contributed by atoms with Gasteiger partial charge >= 0.3 is 0 Å². The Balaban J connectivity index is 2.47. The van der Waals surface area contributed by atoms with Gasteiger partial charge in [-0.2, -0.15) is 0 Å². The van der Waals surface area contributed by atoms with Gasteiger partial charge in [-0.25, -0.2) is 9.37 Å². The van der Waals surface area contributed by atoms with Crippen LogP contribution in [-0.2, 0) is 17.9 Å². The monoisotopic (exact) mass is 235 g/mol. The lowest BCUT2D eigenvalue weighted by atomic mass is 10.3. The molecular weight excluding hydrogens is 221 g/mol. The van der Waals surface area contributed by atoms with E-state index in [1.807, 2.05) is 4.57 Å². The fourth-order valence-corrected chi connectivity index (χ4v) is 1.83. The van der Waals surface area contributed by atoms with Gasteiger partial charge in [0.2, 0.25) is 0 Å². The molecule has 0 atom stereocenters. The third-order valence-electron chi connectivity index (χ3n) is 2.66. The first-order valence-electron chi connectivity index (χ1n) is 5.46. The third kappa shape index (κ3) is 2.34. The van der Waals surface area contributed by atoms with E-state index in [1.54, 1.807) is 13.0 Å². The number of aromatic nitrogens is 2. The molecule has 1 aromatic carbocycles. The Morgan fingerprint density at radius 2 is 2.29 bits per heavy atom. The first-order valence-corrected chi connectivity index (χ1v) is 5.46. The number of carbonyl (C=O) groups is 1. The van der Waals surface area contributed by atoms with Gasteiger partial charge in [0.1, 0.15) is 17.4 Å². The van der Waals surface area contributed by atoms with E-state index < -0.39 is 0 Å². The Bertz CT molecular complexity index is 562. The normalized spacial score (nSPS) is 11.0. The number of hydrogen-bond acceptors (Lipinski definition) is 3. The Morgan fingerprint density at radius 3 is 2.94 bits per heavy atom. The number of halogens is 1. The maximum Gasteiger partial charge on any atom is 0.131 e. The molecule has 4 nitrogen and oxygen atoms in total. The molecule has 2 aromatic rings. The third-order valence-corrected chi connectivity index (χ3v) is 2.66. The molecule has 0 spiro atoms. The number of nitrogens with two attached hydrogens (primary N) is 1. The molecule has 2 rings (SSSR count). The van der Waals surface area contributed by atoms with E-state index in [0.717, 1.165) is 5.52 Å². The van der Waals surface area contributed by atoms with Gasteiger partial charge in [0.05, 0.1) is 17.6 Å². The summed E-state index contributed by atoms with van der Waals surface area (Å²) in [7, 11) is 0. The van der Waals surface area contributed by atoms with Crippen molar-refractivity contribution in [2.75, 3.05) is 0 Å². The summed E-state index contributed by atoms with van der Waals surface area (Å²) in [4.78, 5) is 15.3. The molecule has 0 unspecified atom stereocenters. The Morgan fingerprint density at radius 1 is 1.53 bits per heavy atom. The van der Waals surface area contributed by atoms with Crippen LogP contribution in [0.5, 0.6) is 0 Å². The van der Waals surface area contributed by atoms with E-state index in [9.17, 15) is 9.18 Å². The van der Waals surface area contributed by atoms with Gasteiger partial charge in [-0.3, -0.25) is 4.79 Å². The SMILES string of the molecule is CC(=O)CCn1c(CN)nc2cc(F)ccc21. The smallest absolute Gasteiger partial charge is 0.131 e. The van der Waals surface area contributed by atoms with Crippen molar-refractivity contribution < 1.29 is 9.18 Å². The predicted octanol–water partition coefficient (Wildman–Crippen LogP) is 1.61. The van der Waals surface area contributed by atoms with Crippen LogP contribution >= 0.6 is 0 Å². The van der Waals surface area contributed by atoms with Crippen LogP contribution in [0.25, 0.3) is 11.0 Å². The zero-order chi connectivity index (χ0) is 12.4. The number of rotatable bonds is 4. The largest absolute Gasteiger partial charge is 0.326 e. The highest BCUT2D eigenvalue weighted by molar-refractivity contribution is 5.77. The van der Waals surface area contributed by atoms with Crippen LogP contribution in [0.3, 0.4) is 0 Å². The van der Waals surface area contributed by atoms with E-state index in [2.05, 4.69) is 4.98 Å². The number of imidazole rings is 1. The van der Waals surface area contributed by atoms with Gasteiger partial charge < -0.3 is 10.3 Å². The summed E-state index contributed by atoms with van der Waals surface area (Å²) in [6, 6.07) is 4.42. The minimum Gasteiger partial charge on any atom is -0.326 e. The minimum absolute atomic E-state index is 0.108. The van der Waals surface area contributed by atoms with Crippen LogP contribution in [0.4, 0.5) is 4.39 Å². The molecule has 0 aliphatic rings. The van der Waals surface area contributed by atoms with Gasteiger partial charge in [-0.15, -0.1) is 0 Å². The Hall–Kier alpha value is -1.75. The van der Waals surface area contributed by atoms with Crippen LogP contribution in [-0.4, -0.2) is 15.3 Å². The number of fused-ring (bicyclic) bond motifs is 1. The molecule has 5 heteroatoms.